The van der Waals surface area contributed by atoms with E-state index < -0.39 is 0 Å². The van der Waals surface area contributed by atoms with Crippen LogP contribution < -0.4 is 5.32 Å². The number of pyridine rings is 1. The van der Waals surface area contributed by atoms with Gasteiger partial charge in [0.2, 0.25) is 0 Å². The number of nitro groups is 1. The lowest BCUT2D eigenvalue weighted by Crippen LogP contribution is -2.47. The smallest absolute Gasteiger partial charge is 0.299 e. The van der Waals surface area contributed by atoms with Crippen molar-refractivity contribution < 1.29 is 4.92 Å². The Morgan fingerprint density at radius 1 is 1.19 bits per heavy atom. The van der Waals surface area contributed by atoms with E-state index in [9.17, 15) is 10.1 Å². The van der Waals surface area contributed by atoms with Crippen molar-refractivity contribution in [2.75, 3.05) is 20.3 Å². The first-order valence-electron chi connectivity index (χ1n) is 8.23. The van der Waals surface area contributed by atoms with Gasteiger partial charge in [-0.1, -0.05) is 48.0 Å². The molecule has 2 heterocycles. The number of nitrogens with one attached hydrogen (secondary N) is 1. The van der Waals surface area contributed by atoms with E-state index >= 15 is 0 Å². The molecule has 3 rings (SSSR count). The van der Waals surface area contributed by atoms with E-state index in [1.165, 1.54) is 0 Å². The summed E-state index contributed by atoms with van der Waals surface area (Å²) in [6, 6.07) is 13.6. The minimum atomic E-state index is -0.309. The van der Waals surface area contributed by atoms with Crippen LogP contribution in [-0.2, 0) is 13.1 Å². The van der Waals surface area contributed by atoms with E-state index in [1.54, 1.807) is 19.3 Å². The largest absolute Gasteiger partial charge is 0.369 e. The second-order valence-corrected chi connectivity index (χ2v) is 6.49. The fourth-order valence-corrected chi connectivity index (χ4v) is 3.19. The number of hydrogen-bond donors (Lipinski definition) is 1. The first-order valence-corrected chi connectivity index (χ1v) is 8.61. The Bertz CT molecular complexity index is 795. The Labute approximate surface area is 157 Å². The SMILES string of the molecule is CNC1=C([N+](=O)[O-])CN(Cc2ccccc2)CN1Cc1ccc(Cl)nc1. The molecular formula is C18H20ClN5O2. The summed E-state index contributed by atoms with van der Waals surface area (Å²) in [6.45, 7) is 2.01. The van der Waals surface area contributed by atoms with Crippen molar-refractivity contribution in [1.29, 1.82) is 0 Å². The fraction of sp³-hybridized carbons (Fsp3) is 0.278. The molecule has 0 amide bonds. The van der Waals surface area contributed by atoms with Gasteiger partial charge in [-0.25, -0.2) is 4.98 Å². The molecule has 26 heavy (non-hydrogen) atoms. The molecule has 8 heteroatoms. The van der Waals surface area contributed by atoms with E-state index in [-0.39, 0.29) is 17.2 Å². The van der Waals surface area contributed by atoms with Gasteiger partial charge in [0.1, 0.15) is 5.15 Å². The Morgan fingerprint density at radius 3 is 2.58 bits per heavy atom. The van der Waals surface area contributed by atoms with Crippen LogP contribution in [0.25, 0.3) is 0 Å². The summed E-state index contributed by atoms with van der Waals surface area (Å²) in [5, 5.41) is 15.0. The van der Waals surface area contributed by atoms with Crippen molar-refractivity contribution in [1.82, 2.24) is 20.1 Å². The van der Waals surface area contributed by atoms with Gasteiger partial charge in [-0.15, -0.1) is 0 Å². The summed E-state index contributed by atoms with van der Waals surface area (Å²) in [4.78, 5) is 19.4. The van der Waals surface area contributed by atoms with E-state index in [2.05, 4.69) is 15.2 Å². The van der Waals surface area contributed by atoms with Gasteiger partial charge in [-0.3, -0.25) is 15.0 Å². The predicted molar refractivity (Wildman–Crippen MR) is 99.6 cm³/mol. The van der Waals surface area contributed by atoms with Gasteiger partial charge < -0.3 is 10.2 Å². The van der Waals surface area contributed by atoms with Crippen LogP contribution in [0.1, 0.15) is 11.1 Å². The molecule has 0 aliphatic carbocycles. The van der Waals surface area contributed by atoms with Gasteiger partial charge in [0.25, 0.3) is 5.70 Å². The van der Waals surface area contributed by atoms with Crippen molar-refractivity contribution in [3.63, 3.8) is 0 Å². The lowest BCUT2D eigenvalue weighted by Gasteiger charge is -2.36. The van der Waals surface area contributed by atoms with Crippen LogP contribution in [0, 0.1) is 10.1 Å². The second kappa shape index (κ2) is 8.16. The van der Waals surface area contributed by atoms with Gasteiger partial charge in [0, 0.05) is 26.3 Å². The lowest BCUT2D eigenvalue weighted by molar-refractivity contribution is -0.433. The van der Waals surface area contributed by atoms with Crippen molar-refractivity contribution in [2.24, 2.45) is 0 Å². The van der Waals surface area contributed by atoms with Gasteiger partial charge >= 0.3 is 0 Å². The topological polar surface area (TPSA) is 74.5 Å². The summed E-state index contributed by atoms with van der Waals surface area (Å²) in [5.41, 5.74) is 2.22. The Hall–Kier alpha value is -2.64. The van der Waals surface area contributed by atoms with Gasteiger partial charge in [0.15, 0.2) is 5.82 Å². The zero-order valence-corrected chi connectivity index (χ0v) is 15.2. The average Bonchev–Trinajstić information content (AvgIpc) is 2.64. The Balaban J connectivity index is 1.85. The summed E-state index contributed by atoms with van der Waals surface area (Å²) in [7, 11) is 1.71. The summed E-state index contributed by atoms with van der Waals surface area (Å²) >= 11 is 5.84. The molecule has 1 aliphatic rings. The number of benzene rings is 1. The molecule has 0 fully saturated rings. The third-order valence-corrected chi connectivity index (χ3v) is 4.43. The number of hydrogen-bond acceptors (Lipinski definition) is 6. The highest BCUT2D eigenvalue weighted by molar-refractivity contribution is 6.29. The molecule has 0 spiro atoms. The third-order valence-electron chi connectivity index (χ3n) is 4.20. The first-order chi connectivity index (χ1) is 12.6. The normalized spacial score (nSPS) is 15.2. The van der Waals surface area contributed by atoms with Crippen LogP contribution in [0.2, 0.25) is 5.15 Å². The molecule has 7 nitrogen and oxygen atoms in total. The van der Waals surface area contributed by atoms with E-state index in [0.29, 0.717) is 30.7 Å². The zero-order chi connectivity index (χ0) is 18.5. The van der Waals surface area contributed by atoms with Gasteiger partial charge in [-0.05, 0) is 17.2 Å². The third kappa shape index (κ3) is 4.30. The Morgan fingerprint density at radius 2 is 1.96 bits per heavy atom. The van der Waals surface area contributed by atoms with Crippen molar-refractivity contribution >= 4 is 11.6 Å². The molecule has 0 bridgehead atoms. The van der Waals surface area contributed by atoms with Crippen LogP contribution in [0.15, 0.2) is 60.2 Å². The van der Waals surface area contributed by atoms with Gasteiger partial charge in [0.05, 0.1) is 18.1 Å². The maximum atomic E-state index is 11.6. The van der Waals surface area contributed by atoms with Crippen LogP contribution >= 0.6 is 11.6 Å². The monoisotopic (exact) mass is 373 g/mol. The summed E-state index contributed by atoms with van der Waals surface area (Å²) in [6.07, 6.45) is 1.69. The number of nitrogens with zero attached hydrogens (tertiary/aromatic N) is 4. The fourth-order valence-electron chi connectivity index (χ4n) is 3.07. The van der Waals surface area contributed by atoms with Crippen molar-refractivity contribution in [3.05, 3.63) is 86.6 Å². The van der Waals surface area contributed by atoms with Gasteiger partial charge in [-0.2, -0.15) is 0 Å². The zero-order valence-electron chi connectivity index (χ0n) is 14.4. The number of aromatic nitrogens is 1. The molecule has 0 atom stereocenters. The highest BCUT2D eigenvalue weighted by atomic mass is 35.5. The van der Waals surface area contributed by atoms with Crippen LogP contribution in [0.5, 0.6) is 0 Å². The molecule has 0 radical (unpaired) electrons. The van der Waals surface area contributed by atoms with E-state index in [1.807, 2.05) is 41.3 Å². The highest BCUT2D eigenvalue weighted by Crippen LogP contribution is 2.22. The van der Waals surface area contributed by atoms with E-state index in [4.69, 9.17) is 11.6 Å². The Kier molecular flexibility index (Phi) is 5.70. The minimum Gasteiger partial charge on any atom is -0.369 e. The maximum Gasteiger partial charge on any atom is 0.299 e. The quantitative estimate of drug-likeness (QED) is 0.476. The summed E-state index contributed by atoms with van der Waals surface area (Å²) < 4.78 is 0. The van der Waals surface area contributed by atoms with Crippen LogP contribution in [-0.4, -0.2) is 40.0 Å². The molecule has 136 valence electrons. The predicted octanol–water partition coefficient (Wildman–Crippen LogP) is 2.68. The highest BCUT2D eigenvalue weighted by Gasteiger charge is 2.32. The van der Waals surface area contributed by atoms with Crippen molar-refractivity contribution in [3.8, 4) is 0 Å². The average molecular weight is 374 g/mol. The maximum absolute atomic E-state index is 11.6. The molecule has 1 aliphatic heterocycles. The standard InChI is InChI=1S/C18H20ClN5O2/c1-20-18-16(24(25)26)12-22(10-14-5-3-2-4-6-14)13-23(18)11-15-7-8-17(19)21-9-15/h2-9,20H,10-13H2,1H3. The molecular weight excluding hydrogens is 354 g/mol. The van der Waals surface area contributed by atoms with Crippen LogP contribution in [0.4, 0.5) is 0 Å². The lowest BCUT2D eigenvalue weighted by atomic mass is 10.2. The van der Waals surface area contributed by atoms with E-state index in [0.717, 1.165) is 11.1 Å². The first kappa shape index (κ1) is 18.2. The molecule has 1 aromatic heterocycles. The molecule has 0 saturated heterocycles. The summed E-state index contributed by atoms with van der Waals surface area (Å²) in [5.74, 6) is 0.536. The second-order valence-electron chi connectivity index (χ2n) is 6.10. The molecule has 0 saturated carbocycles. The van der Waals surface area contributed by atoms with Crippen molar-refractivity contribution in [2.45, 2.75) is 13.1 Å². The molecule has 0 unspecified atom stereocenters. The number of halogens is 1. The molecule has 2 aromatic rings. The number of rotatable bonds is 6. The minimum absolute atomic E-state index is 0.164. The molecule has 1 N–H and O–H groups in total. The van der Waals surface area contributed by atoms with Crippen LogP contribution in [0.3, 0.4) is 0 Å². The molecule has 1 aromatic carbocycles.